The molecule has 174 valence electrons. The molecule has 1 aromatic heterocycles. The summed E-state index contributed by atoms with van der Waals surface area (Å²) >= 11 is 0. The summed E-state index contributed by atoms with van der Waals surface area (Å²) < 4.78 is 7.69. The molecule has 0 bridgehead atoms. The van der Waals surface area contributed by atoms with Gasteiger partial charge in [-0.1, -0.05) is 12.1 Å². The van der Waals surface area contributed by atoms with Crippen molar-refractivity contribution in [1.82, 2.24) is 19.4 Å². The topological polar surface area (TPSA) is 62.6 Å². The van der Waals surface area contributed by atoms with Gasteiger partial charge in [0.25, 0.3) is 5.56 Å². The Bertz CT molecular complexity index is 1210. The second kappa shape index (κ2) is 9.53. The van der Waals surface area contributed by atoms with Crippen molar-refractivity contribution < 1.29 is 4.74 Å². The minimum absolute atomic E-state index is 0.0255. The summed E-state index contributed by atoms with van der Waals surface area (Å²) in [7, 11) is 2.17. The van der Waals surface area contributed by atoms with Crippen LogP contribution in [0.2, 0.25) is 0 Å². The summed E-state index contributed by atoms with van der Waals surface area (Å²) in [5, 5.41) is 4.15. The Balaban J connectivity index is 1.69. The predicted octanol–water partition coefficient (Wildman–Crippen LogP) is 3.28. The molecule has 3 aromatic rings. The quantitative estimate of drug-likeness (QED) is 0.648. The lowest BCUT2D eigenvalue weighted by Gasteiger charge is -2.24. The van der Waals surface area contributed by atoms with Gasteiger partial charge in [-0.05, 0) is 70.6 Å². The number of benzene rings is 2. The van der Waals surface area contributed by atoms with Crippen LogP contribution < -0.4 is 15.6 Å². The van der Waals surface area contributed by atoms with Crippen LogP contribution in [-0.4, -0.2) is 65.7 Å². The van der Waals surface area contributed by atoms with Crippen LogP contribution >= 0.6 is 0 Å². The maximum Gasteiger partial charge on any atom is 0.266 e. The van der Waals surface area contributed by atoms with Crippen LogP contribution in [0.1, 0.15) is 31.2 Å². The van der Waals surface area contributed by atoms with E-state index in [2.05, 4.69) is 22.2 Å². The number of rotatable bonds is 5. The van der Waals surface area contributed by atoms with Crippen LogP contribution in [0.3, 0.4) is 0 Å². The lowest BCUT2D eigenvalue weighted by molar-refractivity contribution is 0.261. The minimum Gasteiger partial charge on any atom is -0.492 e. The molecule has 5 rings (SSSR count). The monoisotopic (exact) mass is 447 g/mol. The van der Waals surface area contributed by atoms with E-state index in [1.54, 1.807) is 4.57 Å². The van der Waals surface area contributed by atoms with Gasteiger partial charge in [-0.25, -0.2) is 4.98 Å². The Kier molecular flexibility index (Phi) is 6.33. The van der Waals surface area contributed by atoms with E-state index in [1.165, 1.54) is 0 Å². The van der Waals surface area contributed by atoms with Gasteiger partial charge in [0.1, 0.15) is 11.6 Å². The summed E-state index contributed by atoms with van der Waals surface area (Å²) in [6, 6.07) is 11.7. The van der Waals surface area contributed by atoms with Crippen LogP contribution in [-0.2, 0) is 13.0 Å². The number of fused-ring (bicyclic) bond motifs is 3. The highest BCUT2D eigenvalue weighted by Gasteiger charge is 2.22. The maximum atomic E-state index is 14.0. The van der Waals surface area contributed by atoms with E-state index in [0.29, 0.717) is 24.3 Å². The highest BCUT2D eigenvalue weighted by molar-refractivity contribution is 5.87. The largest absolute Gasteiger partial charge is 0.492 e. The summed E-state index contributed by atoms with van der Waals surface area (Å²) in [5.41, 5.74) is 3.85. The average molecular weight is 448 g/mol. The first-order chi connectivity index (χ1) is 16.2. The van der Waals surface area contributed by atoms with Crippen LogP contribution in [0, 0.1) is 0 Å². The maximum absolute atomic E-state index is 14.0. The van der Waals surface area contributed by atoms with E-state index in [0.717, 1.165) is 80.3 Å². The number of aromatic nitrogens is 2. The smallest absolute Gasteiger partial charge is 0.266 e. The fraction of sp³-hybridized carbons (Fsp3) is 0.462. The number of hydrogen-bond donors (Lipinski definition) is 1. The molecule has 0 amide bonds. The molecule has 1 saturated heterocycles. The number of nitrogens with one attached hydrogen (secondary N) is 1. The van der Waals surface area contributed by atoms with E-state index in [4.69, 9.17) is 9.72 Å². The average Bonchev–Trinajstić information content (AvgIpc) is 3.04. The van der Waals surface area contributed by atoms with Crippen molar-refractivity contribution in [1.29, 1.82) is 0 Å². The summed E-state index contributed by atoms with van der Waals surface area (Å²) in [5.74, 6) is 1.49. The van der Waals surface area contributed by atoms with Gasteiger partial charge < -0.3 is 15.0 Å². The Morgan fingerprint density at radius 2 is 1.94 bits per heavy atom. The Labute approximate surface area is 195 Å². The van der Waals surface area contributed by atoms with Crippen molar-refractivity contribution >= 4 is 16.6 Å². The van der Waals surface area contributed by atoms with Gasteiger partial charge in [-0.3, -0.25) is 14.3 Å². The lowest BCUT2D eigenvalue weighted by atomic mass is 10.00. The number of ether oxygens (including phenoxy) is 1. The molecule has 2 aromatic carbocycles. The highest BCUT2D eigenvalue weighted by Crippen LogP contribution is 2.30. The molecule has 0 saturated carbocycles. The third-order valence-electron chi connectivity index (χ3n) is 6.72. The molecule has 1 fully saturated rings. The molecule has 0 unspecified atom stereocenters. The second-order valence-corrected chi connectivity index (χ2v) is 9.02. The van der Waals surface area contributed by atoms with Crippen molar-refractivity contribution in [2.75, 3.05) is 51.7 Å². The molecule has 1 N–H and O–H groups in total. The number of anilines is 1. The third-order valence-corrected chi connectivity index (χ3v) is 6.72. The fourth-order valence-corrected chi connectivity index (χ4v) is 4.99. The number of hydrogen-bond acceptors (Lipinski definition) is 6. The lowest BCUT2D eigenvalue weighted by Crippen LogP contribution is -2.33. The van der Waals surface area contributed by atoms with Crippen molar-refractivity contribution in [3.63, 3.8) is 0 Å². The van der Waals surface area contributed by atoms with E-state index in [-0.39, 0.29) is 5.56 Å². The van der Waals surface area contributed by atoms with Gasteiger partial charge in [0.15, 0.2) is 0 Å². The van der Waals surface area contributed by atoms with E-state index in [1.807, 2.05) is 43.3 Å². The highest BCUT2D eigenvalue weighted by atomic mass is 16.5. The van der Waals surface area contributed by atoms with Gasteiger partial charge in [0, 0.05) is 30.9 Å². The second-order valence-electron chi connectivity index (χ2n) is 9.02. The Morgan fingerprint density at radius 1 is 1.06 bits per heavy atom. The number of para-hydroxylation sites is 2. The zero-order valence-corrected chi connectivity index (χ0v) is 19.6. The zero-order valence-electron chi connectivity index (χ0n) is 19.6. The molecule has 2 aliphatic rings. The molecular formula is C26H33N5O2. The zero-order chi connectivity index (χ0) is 22.8. The molecule has 0 spiro atoms. The molecule has 0 aliphatic carbocycles. The fourth-order valence-electron chi connectivity index (χ4n) is 4.99. The number of nitrogens with zero attached hydrogens (tertiary/aromatic N) is 4. The third kappa shape index (κ3) is 4.35. The summed E-state index contributed by atoms with van der Waals surface area (Å²) in [6.45, 7) is 8.19. The van der Waals surface area contributed by atoms with Gasteiger partial charge in [-0.15, -0.1) is 0 Å². The molecule has 0 radical (unpaired) electrons. The standard InChI is InChI=1S/C26H33N5O2/c1-3-33-23-10-5-4-9-22(23)31-24(18-30-15-7-14-29(2)16-17-30)28-25-19-8-6-13-27-21(19)12-11-20(25)26(31)32/h4-5,9-12,27H,3,6-8,13-18H2,1-2H3. The first-order valence-electron chi connectivity index (χ1n) is 12.1. The van der Waals surface area contributed by atoms with Gasteiger partial charge >= 0.3 is 0 Å². The number of aryl methyl sites for hydroxylation is 1. The summed E-state index contributed by atoms with van der Waals surface area (Å²) in [6.07, 6.45) is 3.11. The number of likely N-dealkylation sites (N-methyl/N-ethyl adjacent to an activating group) is 1. The van der Waals surface area contributed by atoms with Crippen LogP contribution in [0.4, 0.5) is 5.69 Å². The van der Waals surface area contributed by atoms with Crippen LogP contribution in [0.15, 0.2) is 41.2 Å². The Morgan fingerprint density at radius 3 is 2.82 bits per heavy atom. The van der Waals surface area contributed by atoms with Gasteiger partial charge in [-0.2, -0.15) is 0 Å². The molecule has 2 aliphatic heterocycles. The van der Waals surface area contributed by atoms with Crippen molar-refractivity contribution in [2.24, 2.45) is 0 Å². The SMILES string of the molecule is CCOc1ccccc1-n1c(CN2CCCN(C)CC2)nc2c3c(ccc2c1=O)NCCC3. The molecule has 7 heteroatoms. The Hall–Kier alpha value is -2.90. The molecule has 7 nitrogen and oxygen atoms in total. The van der Waals surface area contributed by atoms with Crippen LogP contribution in [0.25, 0.3) is 16.6 Å². The van der Waals surface area contributed by atoms with Gasteiger partial charge in [0.05, 0.1) is 29.7 Å². The van der Waals surface area contributed by atoms with E-state index < -0.39 is 0 Å². The molecular weight excluding hydrogens is 414 g/mol. The molecule has 33 heavy (non-hydrogen) atoms. The normalized spacial score (nSPS) is 17.4. The van der Waals surface area contributed by atoms with Gasteiger partial charge in [0.2, 0.25) is 0 Å². The van der Waals surface area contributed by atoms with Crippen molar-refractivity contribution in [3.8, 4) is 11.4 Å². The molecule has 3 heterocycles. The predicted molar refractivity (Wildman–Crippen MR) is 133 cm³/mol. The first-order valence-corrected chi connectivity index (χ1v) is 12.1. The first kappa shape index (κ1) is 21.9. The summed E-state index contributed by atoms with van der Waals surface area (Å²) in [4.78, 5) is 23.9. The van der Waals surface area contributed by atoms with E-state index >= 15 is 0 Å². The molecule has 0 atom stereocenters. The minimum atomic E-state index is -0.0255. The van der Waals surface area contributed by atoms with E-state index in [9.17, 15) is 4.79 Å². The van der Waals surface area contributed by atoms with Crippen LogP contribution in [0.5, 0.6) is 5.75 Å². The van der Waals surface area contributed by atoms with Crippen molar-refractivity contribution in [3.05, 3.63) is 58.1 Å². The van der Waals surface area contributed by atoms with Crippen molar-refractivity contribution in [2.45, 2.75) is 32.7 Å².